The highest BCUT2D eigenvalue weighted by Crippen LogP contribution is 2.47. The van der Waals surface area contributed by atoms with E-state index in [0.717, 1.165) is 29.9 Å². The van der Waals surface area contributed by atoms with Crippen molar-refractivity contribution in [2.24, 2.45) is 5.73 Å². The first kappa shape index (κ1) is 13.0. The maximum Gasteiger partial charge on any atom is 0.127 e. The van der Waals surface area contributed by atoms with Crippen LogP contribution in [0.5, 0.6) is 11.5 Å². The SMILES string of the molecule is COc1cccc(OC)c1C1(N)CCc2ccccc21. The molecular formula is C17H19NO2. The van der Waals surface area contributed by atoms with Crippen LogP contribution in [0.4, 0.5) is 0 Å². The zero-order valence-electron chi connectivity index (χ0n) is 11.8. The number of hydrogen-bond donors (Lipinski definition) is 1. The van der Waals surface area contributed by atoms with Crippen molar-refractivity contribution >= 4 is 0 Å². The van der Waals surface area contributed by atoms with Crippen LogP contribution >= 0.6 is 0 Å². The number of hydrogen-bond acceptors (Lipinski definition) is 3. The monoisotopic (exact) mass is 269 g/mol. The third-order valence-electron chi connectivity index (χ3n) is 4.16. The molecule has 0 aliphatic heterocycles. The van der Waals surface area contributed by atoms with E-state index in [9.17, 15) is 0 Å². The second-order valence-electron chi connectivity index (χ2n) is 5.17. The predicted octanol–water partition coefficient (Wildman–Crippen LogP) is 2.85. The molecule has 1 unspecified atom stereocenters. The van der Waals surface area contributed by atoms with Crippen LogP contribution in [0, 0.1) is 0 Å². The summed E-state index contributed by atoms with van der Waals surface area (Å²) in [5.41, 5.74) is 9.66. The molecule has 0 fully saturated rings. The second kappa shape index (κ2) is 4.84. The molecule has 1 aliphatic carbocycles. The van der Waals surface area contributed by atoms with Crippen LogP contribution in [-0.2, 0) is 12.0 Å². The molecule has 1 atom stereocenters. The standard InChI is InChI=1S/C17H19NO2/c1-19-14-8-5-9-15(20-2)16(14)17(18)11-10-12-6-3-4-7-13(12)17/h3-9H,10-11,18H2,1-2H3. The molecule has 3 heteroatoms. The van der Waals surface area contributed by atoms with Gasteiger partial charge in [-0.15, -0.1) is 0 Å². The van der Waals surface area contributed by atoms with Crippen LogP contribution in [0.25, 0.3) is 0 Å². The highest BCUT2D eigenvalue weighted by atomic mass is 16.5. The fraction of sp³-hybridized carbons (Fsp3) is 0.294. The molecule has 1 aliphatic rings. The highest BCUT2D eigenvalue weighted by molar-refractivity contribution is 5.57. The summed E-state index contributed by atoms with van der Waals surface area (Å²) < 4.78 is 11.0. The van der Waals surface area contributed by atoms with Gasteiger partial charge in [0.15, 0.2) is 0 Å². The summed E-state index contributed by atoms with van der Waals surface area (Å²) >= 11 is 0. The minimum absolute atomic E-state index is 0.547. The minimum Gasteiger partial charge on any atom is -0.496 e. The topological polar surface area (TPSA) is 44.5 Å². The molecule has 0 spiro atoms. The average Bonchev–Trinajstić information content (AvgIpc) is 2.85. The lowest BCUT2D eigenvalue weighted by Gasteiger charge is -2.29. The van der Waals surface area contributed by atoms with Crippen molar-refractivity contribution in [2.75, 3.05) is 14.2 Å². The Morgan fingerprint density at radius 3 is 2.25 bits per heavy atom. The molecule has 0 aromatic heterocycles. The Morgan fingerprint density at radius 1 is 0.950 bits per heavy atom. The van der Waals surface area contributed by atoms with Gasteiger partial charge in [0.05, 0.1) is 25.3 Å². The van der Waals surface area contributed by atoms with E-state index in [1.165, 1.54) is 11.1 Å². The normalized spacial score (nSPS) is 20.6. The maximum atomic E-state index is 6.78. The molecular weight excluding hydrogens is 250 g/mol. The van der Waals surface area contributed by atoms with Gasteiger partial charge in [-0.3, -0.25) is 0 Å². The van der Waals surface area contributed by atoms with Gasteiger partial charge in [-0.25, -0.2) is 0 Å². The molecule has 2 aromatic rings. The summed E-state index contributed by atoms with van der Waals surface area (Å²) in [5.74, 6) is 1.56. The van der Waals surface area contributed by atoms with Gasteiger partial charge in [-0.05, 0) is 36.1 Å². The maximum absolute atomic E-state index is 6.78. The first-order valence-electron chi connectivity index (χ1n) is 6.79. The number of rotatable bonds is 3. The average molecular weight is 269 g/mol. The number of nitrogens with two attached hydrogens (primary N) is 1. The Kier molecular flexibility index (Phi) is 3.14. The Balaban J connectivity index is 2.24. The Bertz CT molecular complexity index is 616. The Labute approximate surface area is 119 Å². The molecule has 0 saturated carbocycles. The zero-order chi connectivity index (χ0) is 14.2. The molecule has 0 heterocycles. The van der Waals surface area contributed by atoms with E-state index in [4.69, 9.17) is 15.2 Å². The van der Waals surface area contributed by atoms with E-state index >= 15 is 0 Å². The van der Waals surface area contributed by atoms with Crippen LogP contribution in [0.2, 0.25) is 0 Å². The summed E-state index contributed by atoms with van der Waals surface area (Å²) in [5, 5.41) is 0. The first-order chi connectivity index (χ1) is 9.70. The molecule has 3 nitrogen and oxygen atoms in total. The molecule has 0 amide bonds. The molecule has 20 heavy (non-hydrogen) atoms. The largest absolute Gasteiger partial charge is 0.496 e. The van der Waals surface area contributed by atoms with Crippen LogP contribution in [0.3, 0.4) is 0 Å². The molecule has 0 bridgehead atoms. The smallest absolute Gasteiger partial charge is 0.127 e. The van der Waals surface area contributed by atoms with Crippen molar-refractivity contribution in [3.63, 3.8) is 0 Å². The zero-order valence-corrected chi connectivity index (χ0v) is 11.8. The van der Waals surface area contributed by atoms with Crippen LogP contribution < -0.4 is 15.2 Å². The van der Waals surface area contributed by atoms with Crippen molar-refractivity contribution in [2.45, 2.75) is 18.4 Å². The summed E-state index contributed by atoms with van der Waals surface area (Å²) in [4.78, 5) is 0. The third kappa shape index (κ3) is 1.78. The second-order valence-corrected chi connectivity index (χ2v) is 5.17. The Morgan fingerprint density at radius 2 is 1.60 bits per heavy atom. The number of ether oxygens (including phenoxy) is 2. The quantitative estimate of drug-likeness (QED) is 0.932. The number of methoxy groups -OCH3 is 2. The van der Waals surface area contributed by atoms with Gasteiger partial charge in [0.2, 0.25) is 0 Å². The van der Waals surface area contributed by atoms with Gasteiger partial charge >= 0.3 is 0 Å². The van der Waals surface area contributed by atoms with Gasteiger partial charge in [-0.1, -0.05) is 30.3 Å². The van der Waals surface area contributed by atoms with Crippen molar-refractivity contribution in [1.29, 1.82) is 0 Å². The fourth-order valence-electron chi connectivity index (χ4n) is 3.19. The molecule has 2 N–H and O–H groups in total. The Hall–Kier alpha value is -2.00. The van der Waals surface area contributed by atoms with E-state index < -0.39 is 5.54 Å². The lowest BCUT2D eigenvalue weighted by Crippen LogP contribution is -2.36. The summed E-state index contributed by atoms with van der Waals surface area (Å²) in [6, 6.07) is 14.1. The predicted molar refractivity (Wildman–Crippen MR) is 79.3 cm³/mol. The van der Waals surface area contributed by atoms with E-state index in [-0.39, 0.29) is 0 Å². The van der Waals surface area contributed by atoms with Crippen LogP contribution in [0.15, 0.2) is 42.5 Å². The first-order valence-corrected chi connectivity index (χ1v) is 6.79. The van der Waals surface area contributed by atoms with Crippen molar-refractivity contribution in [3.8, 4) is 11.5 Å². The van der Waals surface area contributed by atoms with Gasteiger partial charge < -0.3 is 15.2 Å². The minimum atomic E-state index is -0.547. The molecule has 0 radical (unpaired) electrons. The fourth-order valence-corrected chi connectivity index (χ4v) is 3.19. The number of fused-ring (bicyclic) bond motifs is 1. The summed E-state index contributed by atoms with van der Waals surface area (Å²) in [7, 11) is 3.34. The lowest BCUT2D eigenvalue weighted by molar-refractivity contribution is 0.363. The van der Waals surface area contributed by atoms with Gasteiger partial charge in [0, 0.05) is 0 Å². The third-order valence-corrected chi connectivity index (χ3v) is 4.16. The summed E-state index contributed by atoms with van der Waals surface area (Å²) in [6.07, 6.45) is 1.84. The lowest BCUT2D eigenvalue weighted by atomic mass is 9.84. The van der Waals surface area contributed by atoms with Gasteiger partial charge in [0.25, 0.3) is 0 Å². The van der Waals surface area contributed by atoms with Gasteiger partial charge in [0.1, 0.15) is 11.5 Å². The van der Waals surface area contributed by atoms with Crippen molar-refractivity contribution in [1.82, 2.24) is 0 Å². The number of aryl methyl sites for hydroxylation is 1. The highest BCUT2D eigenvalue weighted by Gasteiger charge is 2.40. The van der Waals surface area contributed by atoms with Crippen LogP contribution in [0.1, 0.15) is 23.1 Å². The van der Waals surface area contributed by atoms with E-state index in [0.29, 0.717) is 0 Å². The molecule has 104 valence electrons. The van der Waals surface area contributed by atoms with E-state index in [2.05, 4.69) is 18.2 Å². The van der Waals surface area contributed by atoms with Crippen LogP contribution in [-0.4, -0.2) is 14.2 Å². The van der Waals surface area contributed by atoms with Gasteiger partial charge in [-0.2, -0.15) is 0 Å². The van der Waals surface area contributed by atoms with Crippen molar-refractivity contribution < 1.29 is 9.47 Å². The van der Waals surface area contributed by atoms with E-state index in [1.54, 1.807) is 14.2 Å². The van der Waals surface area contributed by atoms with E-state index in [1.807, 2.05) is 24.3 Å². The number of benzene rings is 2. The molecule has 2 aromatic carbocycles. The van der Waals surface area contributed by atoms with Crippen molar-refractivity contribution in [3.05, 3.63) is 59.2 Å². The summed E-state index contributed by atoms with van der Waals surface area (Å²) in [6.45, 7) is 0. The molecule has 0 saturated heterocycles. The molecule has 3 rings (SSSR count).